The second-order valence-corrected chi connectivity index (χ2v) is 3.25. The van der Waals surface area contributed by atoms with Gasteiger partial charge in [0.1, 0.15) is 0 Å². The Labute approximate surface area is 84.3 Å². The molecule has 0 spiro atoms. The molecule has 3 heteroatoms. The van der Waals surface area contributed by atoms with Gasteiger partial charge < -0.3 is 4.74 Å². The lowest BCUT2D eigenvalue weighted by Gasteiger charge is -2.18. The molecule has 0 aromatic heterocycles. The zero-order chi connectivity index (χ0) is 10.6. The lowest BCUT2D eigenvalue weighted by molar-refractivity contribution is 0.124. The quantitative estimate of drug-likeness (QED) is 0.720. The zero-order valence-corrected chi connectivity index (χ0v) is 8.65. The normalized spacial score (nSPS) is 10.0. The SMILES string of the molecule is CC(C)OC(=O)N(C)c1cc[c]cc1. The summed E-state index contributed by atoms with van der Waals surface area (Å²) in [6.07, 6.45) is -0.438. The van der Waals surface area contributed by atoms with Crippen molar-refractivity contribution in [3.8, 4) is 0 Å². The molecule has 0 N–H and O–H groups in total. The van der Waals surface area contributed by atoms with Crippen LogP contribution in [0.3, 0.4) is 0 Å². The summed E-state index contributed by atoms with van der Waals surface area (Å²) in [6.45, 7) is 3.65. The van der Waals surface area contributed by atoms with Crippen molar-refractivity contribution in [3.05, 3.63) is 30.3 Å². The highest BCUT2D eigenvalue weighted by atomic mass is 16.6. The van der Waals surface area contributed by atoms with E-state index >= 15 is 0 Å². The summed E-state index contributed by atoms with van der Waals surface area (Å²) in [6, 6.07) is 10.0. The van der Waals surface area contributed by atoms with Crippen LogP contribution in [0.5, 0.6) is 0 Å². The minimum atomic E-state index is -0.341. The predicted molar refractivity (Wildman–Crippen MR) is 55.3 cm³/mol. The summed E-state index contributed by atoms with van der Waals surface area (Å²) < 4.78 is 5.04. The summed E-state index contributed by atoms with van der Waals surface area (Å²) in [4.78, 5) is 12.9. The fourth-order valence-corrected chi connectivity index (χ4v) is 0.988. The molecule has 0 atom stereocenters. The number of ether oxygens (including phenoxy) is 1. The highest BCUT2D eigenvalue weighted by molar-refractivity contribution is 5.86. The van der Waals surface area contributed by atoms with E-state index in [9.17, 15) is 4.79 Å². The van der Waals surface area contributed by atoms with Crippen LogP contribution in [-0.2, 0) is 4.74 Å². The zero-order valence-electron chi connectivity index (χ0n) is 8.65. The Morgan fingerprint density at radius 1 is 1.43 bits per heavy atom. The first-order valence-corrected chi connectivity index (χ1v) is 4.51. The standard InChI is InChI=1S/C11H14NO2/c1-9(2)14-11(13)12(3)10-7-5-4-6-8-10/h5-9H,1-3H3. The highest BCUT2D eigenvalue weighted by Crippen LogP contribution is 2.12. The Bertz CT molecular complexity index is 295. The van der Waals surface area contributed by atoms with Crippen LogP contribution < -0.4 is 4.90 Å². The minimum absolute atomic E-state index is 0.0970. The summed E-state index contributed by atoms with van der Waals surface area (Å²) in [5, 5.41) is 0. The molecule has 1 radical (unpaired) electrons. The summed E-state index contributed by atoms with van der Waals surface area (Å²) in [5.41, 5.74) is 0.800. The van der Waals surface area contributed by atoms with Crippen LogP contribution in [0.4, 0.5) is 10.5 Å². The van der Waals surface area contributed by atoms with E-state index in [2.05, 4.69) is 6.07 Å². The molecule has 0 bridgehead atoms. The number of hydrogen-bond acceptors (Lipinski definition) is 2. The van der Waals surface area contributed by atoms with Gasteiger partial charge in [-0.2, -0.15) is 0 Å². The lowest BCUT2D eigenvalue weighted by atomic mass is 10.3. The van der Waals surface area contributed by atoms with E-state index in [1.54, 1.807) is 19.2 Å². The van der Waals surface area contributed by atoms with Crippen LogP contribution in [0.1, 0.15) is 13.8 Å². The Kier molecular flexibility index (Phi) is 3.51. The lowest BCUT2D eigenvalue weighted by Crippen LogP contribution is -2.29. The van der Waals surface area contributed by atoms with Gasteiger partial charge in [-0.1, -0.05) is 12.1 Å². The molecule has 0 unspecified atom stereocenters. The molecule has 0 saturated carbocycles. The first-order chi connectivity index (χ1) is 6.61. The monoisotopic (exact) mass is 192 g/mol. The van der Waals surface area contributed by atoms with Crippen LogP contribution in [0, 0.1) is 6.07 Å². The molecule has 0 saturated heterocycles. The molecule has 0 fully saturated rings. The first kappa shape index (κ1) is 10.6. The Balaban J connectivity index is 2.66. The van der Waals surface area contributed by atoms with Crippen molar-refractivity contribution in [1.82, 2.24) is 0 Å². The molecular formula is C11H14NO2. The number of hydrogen-bond donors (Lipinski definition) is 0. The maximum Gasteiger partial charge on any atom is 0.414 e. The molecule has 0 aliphatic heterocycles. The molecule has 1 rings (SSSR count). The average molecular weight is 192 g/mol. The third-order valence-electron chi connectivity index (χ3n) is 1.70. The summed E-state index contributed by atoms with van der Waals surface area (Å²) in [7, 11) is 1.68. The smallest absolute Gasteiger partial charge is 0.414 e. The molecule has 0 heterocycles. The van der Waals surface area contributed by atoms with Gasteiger partial charge in [-0.3, -0.25) is 4.90 Å². The molecule has 3 nitrogen and oxygen atoms in total. The second-order valence-electron chi connectivity index (χ2n) is 3.25. The van der Waals surface area contributed by atoms with E-state index in [1.807, 2.05) is 26.0 Å². The van der Waals surface area contributed by atoms with Gasteiger partial charge in [-0.25, -0.2) is 4.79 Å². The fourth-order valence-electron chi connectivity index (χ4n) is 0.988. The number of rotatable bonds is 2. The van der Waals surface area contributed by atoms with Crippen molar-refractivity contribution in [2.75, 3.05) is 11.9 Å². The van der Waals surface area contributed by atoms with Crippen molar-refractivity contribution in [1.29, 1.82) is 0 Å². The van der Waals surface area contributed by atoms with E-state index in [4.69, 9.17) is 4.74 Å². The predicted octanol–water partition coefficient (Wildman–Crippen LogP) is 2.47. The Hall–Kier alpha value is -1.51. The molecular weight excluding hydrogens is 178 g/mol. The average Bonchev–Trinajstić information content (AvgIpc) is 2.17. The molecule has 75 valence electrons. The van der Waals surface area contributed by atoms with E-state index in [-0.39, 0.29) is 12.2 Å². The first-order valence-electron chi connectivity index (χ1n) is 4.51. The molecule has 1 aromatic carbocycles. The van der Waals surface area contributed by atoms with Gasteiger partial charge in [-0.15, -0.1) is 0 Å². The van der Waals surface area contributed by atoms with Crippen molar-refractivity contribution in [2.24, 2.45) is 0 Å². The highest BCUT2D eigenvalue weighted by Gasteiger charge is 2.12. The third-order valence-corrected chi connectivity index (χ3v) is 1.70. The van der Waals surface area contributed by atoms with E-state index in [0.29, 0.717) is 0 Å². The number of amides is 1. The van der Waals surface area contributed by atoms with Gasteiger partial charge in [0.05, 0.1) is 6.10 Å². The van der Waals surface area contributed by atoms with Gasteiger partial charge >= 0.3 is 6.09 Å². The van der Waals surface area contributed by atoms with Crippen molar-refractivity contribution >= 4 is 11.8 Å². The number of carbonyl (C=O) groups is 1. The van der Waals surface area contributed by atoms with Gasteiger partial charge in [0, 0.05) is 12.7 Å². The Morgan fingerprint density at radius 3 is 2.50 bits per heavy atom. The molecule has 1 amide bonds. The van der Waals surface area contributed by atoms with Gasteiger partial charge in [0.2, 0.25) is 0 Å². The molecule has 0 aliphatic rings. The molecule has 0 aliphatic carbocycles. The summed E-state index contributed by atoms with van der Waals surface area (Å²) in [5.74, 6) is 0. The second kappa shape index (κ2) is 4.65. The Morgan fingerprint density at radius 2 is 2.00 bits per heavy atom. The van der Waals surface area contributed by atoms with E-state index in [1.165, 1.54) is 4.90 Å². The van der Waals surface area contributed by atoms with Crippen LogP contribution in [0.15, 0.2) is 24.3 Å². The number of carbonyl (C=O) groups excluding carboxylic acids is 1. The van der Waals surface area contributed by atoms with E-state index in [0.717, 1.165) is 5.69 Å². The third kappa shape index (κ3) is 2.76. The van der Waals surface area contributed by atoms with Crippen molar-refractivity contribution in [2.45, 2.75) is 20.0 Å². The largest absolute Gasteiger partial charge is 0.446 e. The van der Waals surface area contributed by atoms with Crippen LogP contribution >= 0.6 is 0 Å². The van der Waals surface area contributed by atoms with Gasteiger partial charge in [-0.05, 0) is 32.0 Å². The molecule has 14 heavy (non-hydrogen) atoms. The van der Waals surface area contributed by atoms with E-state index < -0.39 is 0 Å². The number of benzene rings is 1. The fraction of sp³-hybridized carbons (Fsp3) is 0.364. The van der Waals surface area contributed by atoms with Crippen LogP contribution in [-0.4, -0.2) is 19.2 Å². The maximum absolute atomic E-state index is 11.4. The minimum Gasteiger partial charge on any atom is -0.446 e. The molecule has 1 aromatic rings. The van der Waals surface area contributed by atoms with Crippen molar-refractivity contribution in [3.63, 3.8) is 0 Å². The number of nitrogens with zero attached hydrogens (tertiary/aromatic N) is 1. The van der Waals surface area contributed by atoms with Crippen molar-refractivity contribution < 1.29 is 9.53 Å². The topological polar surface area (TPSA) is 29.5 Å². The number of anilines is 1. The van der Waals surface area contributed by atoms with Gasteiger partial charge in [0.25, 0.3) is 0 Å². The van der Waals surface area contributed by atoms with Gasteiger partial charge in [0.15, 0.2) is 0 Å². The van der Waals surface area contributed by atoms with Crippen LogP contribution in [0.25, 0.3) is 0 Å². The maximum atomic E-state index is 11.4. The van der Waals surface area contributed by atoms with Crippen LogP contribution in [0.2, 0.25) is 0 Å². The summed E-state index contributed by atoms with van der Waals surface area (Å²) >= 11 is 0.